The molecule has 0 spiro atoms. The van der Waals surface area contributed by atoms with Crippen molar-refractivity contribution in [2.45, 2.75) is 6.42 Å². The third-order valence-electron chi connectivity index (χ3n) is 1.44. The van der Waals surface area contributed by atoms with Gasteiger partial charge < -0.3 is 9.64 Å². The van der Waals surface area contributed by atoms with Crippen LogP contribution in [-0.2, 0) is 9.53 Å². The summed E-state index contributed by atoms with van der Waals surface area (Å²) < 4.78 is 5.10. The van der Waals surface area contributed by atoms with Gasteiger partial charge in [-0.1, -0.05) is 0 Å². The number of ether oxygens (including phenoxy) is 1. The van der Waals surface area contributed by atoms with E-state index in [0.717, 1.165) is 6.42 Å². The molecule has 0 aromatic rings. The molecule has 0 amide bonds. The molecule has 62 valence electrons. The Kier molecular flexibility index (Phi) is 2.65. The Morgan fingerprint density at radius 3 is 2.91 bits per heavy atom. The molecule has 0 saturated carbocycles. The van der Waals surface area contributed by atoms with Gasteiger partial charge >= 0.3 is 0 Å². The predicted molar refractivity (Wildman–Crippen MR) is 42.2 cm³/mol. The zero-order chi connectivity index (χ0) is 8.27. The van der Waals surface area contributed by atoms with Crippen LogP contribution in [0, 0.1) is 0 Å². The summed E-state index contributed by atoms with van der Waals surface area (Å²) >= 11 is 0. The van der Waals surface area contributed by atoms with Gasteiger partial charge in [-0.15, -0.1) is 0 Å². The van der Waals surface area contributed by atoms with Crippen LogP contribution in [-0.4, -0.2) is 37.9 Å². The van der Waals surface area contributed by atoms with Crippen molar-refractivity contribution in [2.75, 3.05) is 27.2 Å². The SMILES string of the molecule is CN(C)CC(=O)C1=CCCO1. The van der Waals surface area contributed by atoms with Gasteiger partial charge in [-0.3, -0.25) is 4.79 Å². The van der Waals surface area contributed by atoms with E-state index in [1.807, 2.05) is 25.1 Å². The first-order chi connectivity index (χ1) is 5.20. The number of Topliss-reactive ketones (excluding diaryl/α,β-unsaturated/α-hetero) is 1. The largest absolute Gasteiger partial charge is 0.490 e. The molecule has 1 aliphatic rings. The summed E-state index contributed by atoms with van der Waals surface area (Å²) in [6.07, 6.45) is 2.72. The molecule has 3 nitrogen and oxygen atoms in total. The minimum atomic E-state index is 0.0764. The maximum atomic E-state index is 11.2. The Morgan fingerprint density at radius 1 is 1.73 bits per heavy atom. The molecule has 0 saturated heterocycles. The fourth-order valence-corrected chi connectivity index (χ4v) is 0.977. The van der Waals surface area contributed by atoms with Crippen molar-refractivity contribution in [3.05, 3.63) is 11.8 Å². The molecule has 0 fully saturated rings. The lowest BCUT2D eigenvalue weighted by atomic mass is 10.3. The molecule has 0 N–H and O–H groups in total. The second kappa shape index (κ2) is 3.53. The van der Waals surface area contributed by atoms with Crippen LogP contribution in [0.5, 0.6) is 0 Å². The molecule has 1 rings (SSSR count). The normalized spacial score (nSPS) is 16.5. The lowest BCUT2D eigenvalue weighted by Crippen LogP contribution is -2.23. The Labute approximate surface area is 66.6 Å². The summed E-state index contributed by atoms with van der Waals surface area (Å²) in [7, 11) is 3.74. The topological polar surface area (TPSA) is 29.5 Å². The first kappa shape index (κ1) is 8.27. The van der Waals surface area contributed by atoms with Crippen LogP contribution < -0.4 is 0 Å². The second-order valence-electron chi connectivity index (χ2n) is 2.87. The molecular weight excluding hydrogens is 142 g/mol. The molecule has 0 aromatic heterocycles. The summed E-state index contributed by atoms with van der Waals surface area (Å²) in [4.78, 5) is 13.1. The van der Waals surface area contributed by atoms with Crippen molar-refractivity contribution in [1.29, 1.82) is 0 Å². The van der Waals surface area contributed by atoms with Crippen LogP contribution in [0.3, 0.4) is 0 Å². The number of likely N-dealkylation sites (N-methyl/N-ethyl adjacent to an activating group) is 1. The number of hydrogen-bond donors (Lipinski definition) is 0. The average molecular weight is 155 g/mol. The predicted octanol–water partition coefficient (Wildman–Crippen LogP) is 0.421. The fraction of sp³-hybridized carbons (Fsp3) is 0.625. The highest BCUT2D eigenvalue weighted by atomic mass is 16.5. The number of carbonyl (C=O) groups is 1. The van der Waals surface area contributed by atoms with E-state index in [9.17, 15) is 4.79 Å². The van der Waals surface area contributed by atoms with Gasteiger partial charge in [0, 0.05) is 6.42 Å². The van der Waals surface area contributed by atoms with Crippen molar-refractivity contribution in [3.63, 3.8) is 0 Å². The Balaban J connectivity index is 2.41. The molecule has 1 heterocycles. The van der Waals surface area contributed by atoms with Crippen molar-refractivity contribution in [1.82, 2.24) is 4.90 Å². The van der Waals surface area contributed by atoms with Gasteiger partial charge in [-0.25, -0.2) is 0 Å². The van der Waals surface area contributed by atoms with E-state index in [-0.39, 0.29) is 5.78 Å². The zero-order valence-corrected chi connectivity index (χ0v) is 6.96. The van der Waals surface area contributed by atoms with E-state index in [0.29, 0.717) is 18.9 Å². The maximum Gasteiger partial charge on any atom is 0.210 e. The molecule has 0 unspecified atom stereocenters. The molecule has 1 aliphatic heterocycles. The number of nitrogens with zero attached hydrogens (tertiary/aromatic N) is 1. The maximum absolute atomic E-state index is 11.2. The first-order valence-corrected chi connectivity index (χ1v) is 3.71. The molecule has 0 aromatic carbocycles. The number of ketones is 1. The lowest BCUT2D eigenvalue weighted by molar-refractivity contribution is -0.119. The molecule has 3 heteroatoms. The Hall–Kier alpha value is -0.830. The van der Waals surface area contributed by atoms with Crippen LogP contribution in [0.2, 0.25) is 0 Å². The molecule has 0 atom stereocenters. The Bertz CT molecular complexity index is 185. The summed E-state index contributed by atoms with van der Waals surface area (Å²) in [6.45, 7) is 1.10. The van der Waals surface area contributed by atoms with Gasteiger partial charge in [-0.05, 0) is 20.2 Å². The lowest BCUT2D eigenvalue weighted by Gasteiger charge is -2.08. The van der Waals surface area contributed by atoms with E-state index in [4.69, 9.17) is 4.74 Å². The monoisotopic (exact) mass is 155 g/mol. The summed E-state index contributed by atoms with van der Waals surface area (Å²) in [5, 5.41) is 0. The van der Waals surface area contributed by atoms with Gasteiger partial charge in [0.25, 0.3) is 0 Å². The van der Waals surface area contributed by atoms with E-state index in [2.05, 4.69) is 0 Å². The quantitative estimate of drug-likeness (QED) is 0.591. The van der Waals surface area contributed by atoms with Crippen molar-refractivity contribution in [3.8, 4) is 0 Å². The molecule has 11 heavy (non-hydrogen) atoms. The Morgan fingerprint density at radius 2 is 2.45 bits per heavy atom. The van der Waals surface area contributed by atoms with Gasteiger partial charge in [-0.2, -0.15) is 0 Å². The first-order valence-electron chi connectivity index (χ1n) is 3.71. The number of carbonyl (C=O) groups excluding carboxylic acids is 1. The van der Waals surface area contributed by atoms with Crippen LogP contribution in [0.25, 0.3) is 0 Å². The smallest absolute Gasteiger partial charge is 0.210 e. The second-order valence-corrected chi connectivity index (χ2v) is 2.87. The minimum absolute atomic E-state index is 0.0764. The standard InChI is InChI=1S/C8H13NO2/c1-9(2)6-7(10)8-4-3-5-11-8/h4H,3,5-6H2,1-2H3. The molecule has 0 radical (unpaired) electrons. The number of hydrogen-bond acceptors (Lipinski definition) is 3. The summed E-state index contributed by atoms with van der Waals surface area (Å²) in [5.41, 5.74) is 0. The van der Waals surface area contributed by atoms with Crippen molar-refractivity contribution < 1.29 is 9.53 Å². The summed E-state index contributed by atoms with van der Waals surface area (Å²) in [6, 6.07) is 0. The average Bonchev–Trinajstić information content (AvgIpc) is 2.35. The molecule has 0 bridgehead atoms. The van der Waals surface area contributed by atoms with Gasteiger partial charge in [0.1, 0.15) is 0 Å². The highest BCUT2D eigenvalue weighted by Gasteiger charge is 2.14. The van der Waals surface area contributed by atoms with E-state index < -0.39 is 0 Å². The van der Waals surface area contributed by atoms with Crippen LogP contribution in [0.15, 0.2) is 11.8 Å². The number of rotatable bonds is 3. The molecule has 0 aliphatic carbocycles. The fourth-order valence-electron chi connectivity index (χ4n) is 0.977. The zero-order valence-electron chi connectivity index (χ0n) is 6.96. The van der Waals surface area contributed by atoms with E-state index in [1.165, 1.54) is 0 Å². The minimum Gasteiger partial charge on any atom is -0.490 e. The van der Waals surface area contributed by atoms with Gasteiger partial charge in [0.2, 0.25) is 5.78 Å². The molecular formula is C8H13NO2. The highest BCUT2D eigenvalue weighted by Crippen LogP contribution is 2.09. The highest BCUT2D eigenvalue weighted by molar-refractivity contribution is 5.95. The van der Waals surface area contributed by atoms with E-state index in [1.54, 1.807) is 0 Å². The van der Waals surface area contributed by atoms with Crippen LogP contribution in [0.4, 0.5) is 0 Å². The summed E-state index contributed by atoms with van der Waals surface area (Å²) in [5.74, 6) is 0.617. The van der Waals surface area contributed by atoms with Crippen LogP contribution >= 0.6 is 0 Å². The van der Waals surface area contributed by atoms with E-state index >= 15 is 0 Å². The third-order valence-corrected chi connectivity index (χ3v) is 1.44. The van der Waals surface area contributed by atoms with Crippen molar-refractivity contribution >= 4 is 5.78 Å². The van der Waals surface area contributed by atoms with Gasteiger partial charge in [0.15, 0.2) is 5.76 Å². The third kappa shape index (κ3) is 2.35. The van der Waals surface area contributed by atoms with Crippen LogP contribution in [0.1, 0.15) is 6.42 Å². The van der Waals surface area contributed by atoms with Crippen molar-refractivity contribution in [2.24, 2.45) is 0 Å². The van der Waals surface area contributed by atoms with Gasteiger partial charge in [0.05, 0.1) is 13.2 Å².